The van der Waals surface area contributed by atoms with Crippen LogP contribution in [0.25, 0.3) is 0 Å². The molecule has 2 N–H and O–H groups in total. The molecule has 190 valence electrons. The lowest BCUT2D eigenvalue weighted by atomic mass is 10.1. The van der Waals surface area contributed by atoms with Gasteiger partial charge in [-0.15, -0.1) is 0 Å². The summed E-state index contributed by atoms with van der Waals surface area (Å²) in [5.41, 5.74) is 0. The van der Waals surface area contributed by atoms with Crippen LogP contribution in [0.15, 0.2) is 0 Å². The number of amides is 1. The Kier molecular flexibility index (Phi) is 14.0. The van der Waals surface area contributed by atoms with Gasteiger partial charge in [0.05, 0.1) is 32.8 Å². The molecule has 0 radical (unpaired) electrons. The van der Waals surface area contributed by atoms with Crippen molar-refractivity contribution in [3.63, 3.8) is 0 Å². The summed E-state index contributed by atoms with van der Waals surface area (Å²) in [4.78, 5) is 53.3. The van der Waals surface area contributed by atoms with Crippen LogP contribution in [-0.4, -0.2) is 122 Å². The minimum Gasteiger partial charge on any atom is -0.480 e. The van der Waals surface area contributed by atoms with E-state index in [1.807, 2.05) is 42.4 Å². The van der Waals surface area contributed by atoms with Gasteiger partial charge in [0.15, 0.2) is 0 Å². The molecule has 0 aliphatic carbocycles. The van der Waals surface area contributed by atoms with E-state index in [4.69, 9.17) is 4.74 Å². The Bertz CT molecular complexity index is 640. The number of carboxylic acid groups (broad SMARTS) is 1. The molecule has 1 aliphatic rings. The summed E-state index contributed by atoms with van der Waals surface area (Å²) in [5, 5.41) is 12.0. The fraction of sp³-hybridized carbons (Fsp3) is 0.826. The van der Waals surface area contributed by atoms with Gasteiger partial charge in [0, 0.05) is 64.1 Å². The molecule has 1 fully saturated rings. The molecule has 1 aliphatic heterocycles. The van der Waals surface area contributed by atoms with Gasteiger partial charge in [0.25, 0.3) is 0 Å². The van der Waals surface area contributed by atoms with Gasteiger partial charge < -0.3 is 15.2 Å². The zero-order valence-corrected chi connectivity index (χ0v) is 20.7. The predicted molar refractivity (Wildman–Crippen MR) is 125 cm³/mol. The number of hydrogen-bond acceptors (Lipinski definition) is 8. The molecule has 10 nitrogen and oxygen atoms in total. The average molecular weight is 471 g/mol. The Morgan fingerprint density at radius 3 is 1.73 bits per heavy atom. The molecule has 33 heavy (non-hydrogen) atoms. The van der Waals surface area contributed by atoms with Crippen LogP contribution in [0.2, 0.25) is 0 Å². The predicted octanol–water partition coefficient (Wildman–Crippen LogP) is -0.0363. The molecule has 10 heteroatoms. The van der Waals surface area contributed by atoms with E-state index in [0.717, 1.165) is 0 Å². The fourth-order valence-corrected chi connectivity index (χ4v) is 3.34. The van der Waals surface area contributed by atoms with Gasteiger partial charge in [-0.25, -0.2) is 0 Å². The SMILES string of the molecule is CC(C)C(=O)CCOCCNC(=O)CN1CCN(CC(=O)O)CCN(CC(=O)C(C)C)CC1. The van der Waals surface area contributed by atoms with E-state index in [-0.39, 0.29) is 42.4 Å². The first kappa shape index (κ1) is 29.2. The van der Waals surface area contributed by atoms with E-state index in [1.165, 1.54) is 0 Å². The lowest BCUT2D eigenvalue weighted by molar-refractivity contribution is -0.138. The quantitative estimate of drug-likeness (QED) is 0.337. The highest BCUT2D eigenvalue weighted by molar-refractivity contribution is 5.82. The number of nitrogens with one attached hydrogen (secondary N) is 1. The molecule has 0 saturated carbocycles. The van der Waals surface area contributed by atoms with Gasteiger partial charge in [-0.3, -0.25) is 33.9 Å². The van der Waals surface area contributed by atoms with Crippen LogP contribution < -0.4 is 5.32 Å². The maximum absolute atomic E-state index is 12.4. The van der Waals surface area contributed by atoms with Gasteiger partial charge in [0.1, 0.15) is 11.6 Å². The molecule has 1 saturated heterocycles. The smallest absolute Gasteiger partial charge is 0.317 e. The van der Waals surface area contributed by atoms with Crippen molar-refractivity contribution in [3.8, 4) is 0 Å². The molecule has 1 rings (SSSR count). The second-order valence-electron chi connectivity index (χ2n) is 9.18. The molecule has 0 aromatic rings. The number of ether oxygens (including phenoxy) is 1. The van der Waals surface area contributed by atoms with E-state index in [2.05, 4.69) is 5.32 Å². The van der Waals surface area contributed by atoms with Crippen molar-refractivity contribution in [2.45, 2.75) is 34.1 Å². The Labute approximate surface area is 197 Å². The van der Waals surface area contributed by atoms with Gasteiger partial charge >= 0.3 is 5.97 Å². The second-order valence-corrected chi connectivity index (χ2v) is 9.18. The molecule has 1 heterocycles. The number of aliphatic carboxylic acids is 1. The topological polar surface area (TPSA) is 119 Å². The number of carboxylic acids is 1. The normalized spacial score (nSPS) is 16.9. The van der Waals surface area contributed by atoms with Crippen molar-refractivity contribution in [3.05, 3.63) is 0 Å². The van der Waals surface area contributed by atoms with E-state index in [1.54, 1.807) is 0 Å². The van der Waals surface area contributed by atoms with Crippen molar-refractivity contribution in [1.29, 1.82) is 0 Å². The largest absolute Gasteiger partial charge is 0.480 e. The fourth-order valence-electron chi connectivity index (χ4n) is 3.34. The zero-order valence-electron chi connectivity index (χ0n) is 20.7. The highest BCUT2D eigenvalue weighted by atomic mass is 16.5. The van der Waals surface area contributed by atoms with Gasteiger partial charge in [-0.2, -0.15) is 0 Å². The Morgan fingerprint density at radius 2 is 1.24 bits per heavy atom. The third kappa shape index (κ3) is 13.4. The number of rotatable bonds is 14. The molecule has 1 amide bonds. The number of ketones is 2. The minimum absolute atomic E-state index is 0.00108. The first-order chi connectivity index (χ1) is 15.6. The van der Waals surface area contributed by atoms with E-state index in [9.17, 15) is 24.3 Å². The van der Waals surface area contributed by atoms with Crippen LogP contribution in [0, 0.1) is 11.8 Å². The van der Waals surface area contributed by atoms with Crippen LogP contribution in [0.5, 0.6) is 0 Å². The molecule has 0 atom stereocenters. The lowest BCUT2D eigenvalue weighted by Crippen LogP contribution is -2.44. The van der Waals surface area contributed by atoms with Crippen molar-refractivity contribution >= 4 is 23.4 Å². The molecule has 0 aromatic carbocycles. The number of hydrogen-bond donors (Lipinski definition) is 2. The summed E-state index contributed by atoms with van der Waals surface area (Å²) >= 11 is 0. The molecule has 0 spiro atoms. The number of carbonyl (C=O) groups is 4. The summed E-state index contributed by atoms with van der Waals surface area (Å²) in [7, 11) is 0. The minimum atomic E-state index is -0.890. The van der Waals surface area contributed by atoms with Gasteiger partial charge in [-0.05, 0) is 0 Å². The lowest BCUT2D eigenvalue weighted by Gasteiger charge is -2.25. The number of carbonyl (C=O) groups excluding carboxylic acids is 3. The van der Waals surface area contributed by atoms with Gasteiger partial charge in [0.2, 0.25) is 5.91 Å². The first-order valence-electron chi connectivity index (χ1n) is 11.9. The third-order valence-electron chi connectivity index (χ3n) is 5.65. The third-order valence-corrected chi connectivity index (χ3v) is 5.65. The summed E-state index contributed by atoms with van der Waals surface area (Å²) < 4.78 is 5.42. The zero-order chi connectivity index (χ0) is 24.8. The van der Waals surface area contributed by atoms with Crippen LogP contribution in [-0.2, 0) is 23.9 Å². The van der Waals surface area contributed by atoms with E-state index >= 15 is 0 Å². The summed E-state index contributed by atoms with van der Waals surface area (Å²) in [6, 6.07) is 0. The van der Waals surface area contributed by atoms with Crippen LogP contribution in [0.4, 0.5) is 0 Å². The van der Waals surface area contributed by atoms with Crippen molar-refractivity contribution in [1.82, 2.24) is 20.0 Å². The summed E-state index contributed by atoms with van der Waals surface area (Å²) in [6.07, 6.45) is 0.377. The number of nitrogens with zero attached hydrogens (tertiary/aromatic N) is 3. The Morgan fingerprint density at radius 1 is 0.758 bits per heavy atom. The second kappa shape index (κ2) is 15.9. The molecular formula is C23H42N4O6. The van der Waals surface area contributed by atoms with Crippen LogP contribution in [0.1, 0.15) is 34.1 Å². The average Bonchev–Trinajstić information content (AvgIpc) is 2.82. The first-order valence-corrected chi connectivity index (χ1v) is 11.9. The van der Waals surface area contributed by atoms with Crippen molar-refractivity contribution in [2.75, 3.05) is 78.7 Å². The standard InChI is InChI=1S/C23H42N4O6/c1-18(2)20(28)5-13-33-14-6-24-22(30)16-26-9-7-25(15-21(29)19(3)4)8-11-27(12-10-26)17-23(31)32/h18-19H,5-17H2,1-4H3,(H,24,30)(H,31,32). The van der Waals surface area contributed by atoms with E-state index in [0.29, 0.717) is 72.0 Å². The maximum Gasteiger partial charge on any atom is 0.317 e. The number of Topliss-reactive ketones (excluding diaryl/α,β-unsaturated/α-hetero) is 2. The van der Waals surface area contributed by atoms with Crippen molar-refractivity contribution in [2.24, 2.45) is 11.8 Å². The highest BCUT2D eigenvalue weighted by Gasteiger charge is 2.21. The molecular weight excluding hydrogens is 428 g/mol. The van der Waals surface area contributed by atoms with Crippen LogP contribution >= 0.6 is 0 Å². The summed E-state index contributed by atoms with van der Waals surface area (Å²) in [5.74, 6) is -0.766. The van der Waals surface area contributed by atoms with Crippen LogP contribution in [0.3, 0.4) is 0 Å². The Hall–Kier alpha value is -1.88. The summed E-state index contributed by atoms with van der Waals surface area (Å²) in [6.45, 7) is 12.5. The Balaban J connectivity index is 2.50. The molecule has 0 bridgehead atoms. The monoisotopic (exact) mass is 470 g/mol. The molecule has 0 unspecified atom stereocenters. The van der Waals surface area contributed by atoms with Crippen molar-refractivity contribution < 1.29 is 29.0 Å². The molecule has 0 aromatic heterocycles. The van der Waals surface area contributed by atoms with E-state index < -0.39 is 5.97 Å². The maximum atomic E-state index is 12.4. The highest BCUT2D eigenvalue weighted by Crippen LogP contribution is 2.04. The van der Waals surface area contributed by atoms with Gasteiger partial charge in [-0.1, -0.05) is 27.7 Å².